The Balaban J connectivity index is 1.54. The van der Waals surface area contributed by atoms with Crippen LogP contribution < -0.4 is 10.9 Å². The van der Waals surface area contributed by atoms with Gasteiger partial charge in [-0.1, -0.05) is 28.1 Å². The molecular weight excluding hydrogens is 408 g/mol. The molecule has 7 heteroatoms. The first-order valence-electron chi connectivity index (χ1n) is 8.30. The first-order chi connectivity index (χ1) is 13.1. The van der Waals surface area contributed by atoms with Crippen molar-refractivity contribution in [2.24, 2.45) is 0 Å². The molecule has 1 amide bonds. The molecule has 27 heavy (non-hydrogen) atoms. The van der Waals surface area contributed by atoms with Crippen LogP contribution in [0.5, 0.6) is 0 Å². The average molecular weight is 423 g/mol. The van der Waals surface area contributed by atoms with Crippen LogP contribution in [0.3, 0.4) is 0 Å². The van der Waals surface area contributed by atoms with Crippen molar-refractivity contribution in [2.75, 3.05) is 0 Å². The summed E-state index contributed by atoms with van der Waals surface area (Å²) in [5, 5.41) is 7.75. The van der Waals surface area contributed by atoms with E-state index in [0.717, 1.165) is 15.7 Å². The van der Waals surface area contributed by atoms with E-state index < -0.39 is 0 Å². The van der Waals surface area contributed by atoms with Gasteiger partial charge in [-0.2, -0.15) is 5.10 Å². The lowest BCUT2D eigenvalue weighted by Gasteiger charge is -2.09. The molecule has 0 bridgehead atoms. The number of carbonyl (C=O) groups excluding carboxylic acids is 1. The number of amides is 1. The zero-order valence-electron chi connectivity index (χ0n) is 14.1. The van der Waals surface area contributed by atoms with Gasteiger partial charge in [-0.25, -0.2) is 4.68 Å². The van der Waals surface area contributed by atoms with Crippen LogP contribution in [0.15, 0.2) is 76.3 Å². The molecule has 0 atom stereocenters. The Labute approximate surface area is 163 Å². The number of hydrogen-bond acceptors (Lipinski definition) is 3. The van der Waals surface area contributed by atoms with Crippen LogP contribution in [-0.2, 0) is 6.54 Å². The van der Waals surface area contributed by atoms with Gasteiger partial charge in [-0.05, 0) is 42.0 Å². The van der Waals surface area contributed by atoms with Crippen molar-refractivity contribution in [1.29, 1.82) is 0 Å². The van der Waals surface area contributed by atoms with Crippen molar-refractivity contribution in [3.63, 3.8) is 0 Å². The second kappa shape index (κ2) is 7.20. The maximum atomic E-state index is 12.7. The van der Waals surface area contributed by atoms with E-state index in [9.17, 15) is 9.59 Å². The zero-order valence-corrected chi connectivity index (χ0v) is 15.7. The lowest BCUT2D eigenvalue weighted by Crippen LogP contribution is -2.24. The van der Waals surface area contributed by atoms with Crippen LogP contribution in [0.4, 0.5) is 0 Å². The molecule has 2 N–H and O–H groups in total. The van der Waals surface area contributed by atoms with E-state index in [4.69, 9.17) is 0 Å². The minimum absolute atomic E-state index is 0.291. The molecule has 0 fully saturated rings. The Kier molecular flexibility index (Phi) is 4.60. The lowest BCUT2D eigenvalue weighted by atomic mass is 10.1. The third-order valence-electron chi connectivity index (χ3n) is 4.21. The number of benzene rings is 2. The number of H-pyrrole nitrogens is 1. The minimum atomic E-state index is -0.307. The standard InChI is InChI=1S/C20H15BrN4O2/c21-14-4-7-18-16(10-14)17(11-19(26)24-18)20(27)22-12-13-2-5-15(6-3-13)25-9-1-8-23-25/h1-11H,12H2,(H,22,27)(H,24,26). The van der Waals surface area contributed by atoms with E-state index >= 15 is 0 Å². The van der Waals surface area contributed by atoms with E-state index in [1.165, 1.54) is 6.07 Å². The zero-order chi connectivity index (χ0) is 18.8. The van der Waals surface area contributed by atoms with Gasteiger partial charge < -0.3 is 10.3 Å². The van der Waals surface area contributed by atoms with Gasteiger partial charge in [0.1, 0.15) is 0 Å². The summed E-state index contributed by atoms with van der Waals surface area (Å²) in [6, 6.07) is 16.3. The van der Waals surface area contributed by atoms with Gasteiger partial charge in [0, 0.05) is 40.4 Å². The number of hydrogen-bond donors (Lipinski definition) is 2. The lowest BCUT2D eigenvalue weighted by molar-refractivity contribution is 0.0952. The van der Waals surface area contributed by atoms with E-state index in [2.05, 4.69) is 31.3 Å². The fourth-order valence-corrected chi connectivity index (χ4v) is 3.24. The Morgan fingerprint density at radius 3 is 2.70 bits per heavy atom. The molecule has 4 aromatic rings. The minimum Gasteiger partial charge on any atom is -0.348 e. The predicted molar refractivity (Wildman–Crippen MR) is 107 cm³/mol. The van der Waals surface area contributed by atoms with E-state index in [-0.39, 0.29) is 11.5 Å². The summed E-state index contributed by atoms with van der Waals surface area (Å²) in [5.74, 6) is -0.291. The van der Waals surface area contributed by atoms with Crippen LogP contribution >= 0.6 is 15.9 Å². The molecule has 0 spiro atoms. The molecule has 2 aromatic carbocycles. The summed E-state index contributed by atoms with van der Waals surface area (Å²) in [6.07, 6.45) is 3.59. The third kappa shape index (κ3) is 3.68. The number of aromatic nitrogens is 3. The Bertz CT molecular complexity index is 1170. The van der Waals surface area contributed by atoms with Gasteiger partial charge in [-0.3, -0.25) is 9.59 Å². The van der Waals surface area contributed by atoms with Crippen LogP contribution in [0.2, 0.25) is 0 Å². The molecule has 2 aromatic heterocycles. The third-order valence-corrected chi connectivity index (χ3v) is 4.70. The van der Waals surface area contributed by atoms with Crippen molar-refractivity contribution in [1.82, 2.24) is 20.1 Å². The average Bonchev–Trinajstić information content (AvgIpc) is 3.21. The summed E-state index contributed by atoms with van der Waals surface area (Å²) in [4.78, 5) is 27.3. The molecule has 0 aliphatic rings. The first kappa shape index (κ1) is 17.2. The maximum Gasteiger partial charge on any atom is 0.252 e. The van der Waals surface area contributed by atoms with Crippen LogP contribution in [0.25, 0.3) is 16.6 Å². The number of nitrogens with one attached hydrogen (secondary N) is 2. The molecule has 0 saturated heterocycles. The number of aromatic amines is 1. The Morgan fingerprint density at radius 2 is 1.96 bits per heavy atom. The monoisotopic (exact) mass is 422 g/mol. The number of carbonyl (C=O) groups is 1. The fraction of sp³-hybridized carbons (Fsp3) is 0.0500. The summed E-state index contributed by atoms with van der Waals surface area (Å²) in [5.41, 5.74) is 2.57. The SMILES string of the molecule is O=C(NCc1ccc(-n2cccn2)cc1)c1cc(=O)[nH]c2ccc(Br)cc12. The molecule has 0 saturated carbocycles. The highest BCUT2D eigenvalue weighted by atomic mass is 79.9. The van der Waals surface area contributed by atoms with Gasteiger partial charge in [0.2, 0.25) is 5.56 Å². The van der Waals surface area contributed by atoms with Gasteiger partial charge in [0.25, 0.3) is 5.91 Å². The molecule has 6 nitrogen and oxygen atoms in total. The van der Waals surface area contributed by atoms with Crippen molar-refractivity contribution in [3.05, 3.63) is 92.9 Å². The largest absolute Gasteiger partial charge is 0.348 e. The van der Waals surface area contributed by atoms with Crippen LogP contribution in [0, 0.1) is 0 Å². The van der Waals surface area contributed by atoms with E-state index in [1.807, 2.05) is 48.7 Å². The molecule has 0 radical (unpaired) electrons. The highest BCUT2D eigenvalue weighted by Crippen LogP contribution is 2.20. The fourth-order valence-electron chi connectivity index (χ4n) is 2.88. The molecule has 4 rings (SSSR count). The first-order valence-corrected chi connectivity index (χ1v) is 9.09. The molecular formula is C20H15BrN4O2. The normalized spacial score (nSPS) is 10.9. The van der Waals surface area contributed by atoms with Crippen LogP contribution in [-0.4, -0.2) is 20.7 Å². The van der Waals surface area contributed by atoms with E-state index in [0.29, 0.717) is 23.0 Å². The summed E-state index contributed by atoms with van der Waals surface area (Å²) in [6.45, 7) is 0.362. The smallest absolute Gasteiger partial charge is 0.252 e. The Hall–Kier alpha value is -3.19. The number of rotatable bonds is 4. The molecule has 0 unspecified atom stereocenters. The molecule has 134 valence electrons. The second-order valence-electron chi connectivity index (χ2n) is 6.04. The summed E-state index contributed by atoms with van der Waals surface area (Å²) < 4.78 is 2.60. The van der Waals surface area contributed by atoms with Gasteiger partial charge >= 0.3 is 0 Å². The summed E-state index contributed by atoms with van der Waals surface area (Å²) >= 11 is 3.40. The second-order valence-corrected chi connectivity index (χ2v) is 6.95. The van der Waals surface area contributed by atoms with Crippen molar-refractivity contribution in [2.45, 2.75) is 6.54 Å². The quantitative estimate of drug-likeness (QED) is 0.528. The molecule has 2 heterocycles. The van der Waals surface area contributed by atoms with E-state index in [1.54, 1.807) is 16.9 Å². The number of pyridine rings is 1. The highest BCUT2D eigenvalue weighted by molar-refractivity contribution is 9.10. The van der Waals surface area contributed by atoms with Gasteiger partial charge in [0.05, 0.1) is 11.3 Å². The summed E-state index contributed by atoms with van der Waals surface area (Å²) in [7, 11) is 0. The van der Waals surface area contributed by atoms with Crippen molar-refractivity contribution in [3.8, 4) is 5.69 Å². The topological polar surface area (TPSA) is 79.8 Å². The van der Waals surface area contributed by atoms with Gasteiger partial charge in [0.15, 0.2) is 0 Å². The maximum absolute atomic E-state index is 12.7. The van der Waals surface area contributed by atoms with Crippen LogP contribution in [0.1, 0.15) is 15.9 Å². The number of halogens is 1. The Morgan fingerprint density at radius 1 is 1.15 bits per heavy atom. The highest BCUT2D eigenvalue weighted by Gasteiger charge is 2.12. The number of nitrogens with zero attached hydrogens (tertiary/aromatic N) is 2. The van der Waals surface area contributed by atoms with Crippen molar-refractivity contribution < 1.29 is 4.79 Å². The predicted octanol–water partition coefficient (Wildman–Crippen LogP) is 3.41. The molecule has 0 aliphatic carbocycles. The number of fused-ring (bicyclic) bond motifs is 1. The van der Waals surface area contributed by atoms with Crippen molar-refractivity contribution >= 4 is 32.7 Å². The van der Waals surface area contributed by atoms with Gasteiger partial charge in [-0.15, -0.1) is 0 Å². The molecule has 0 aliphatic heterocycles.